The molecule has 5 rings (SSSR count). The van der Waals surface area contributed by atoms with Gasteiger partial charge in [-0.3, -0.25) is 24.0 Å². The molecule has 0 bridgehead atoms. The number of rotatable bonds is 5. The molecule has 1 aromatic carbocycles. The van der Waals surface area contributed by atoms with Gasteiger partial charge >= 0.3 is 0 Å². The van der Waals surface area contributed by atoms with E-state index in [0.717, 1.165) is 36.5 Å². The normalized spacial score (nSPS) is 24.4. The Morgan fingerprint density at radius 3 is 2.50 bits per heavy atom. The van der Waals surface area contributed by atoms with Crippen LogP contribution in [0.5, 0.6) is 0 Å². The van der Waals surface area contributed by atoms with Gasteiger partial charge in [-0.1, -0.05) is 6.07 Å². The number of nitrogens with zero attached hydrogens (tertiary/aromatic N) is 5. The predicted molar refractivity (Wildman–Crippen MR) is 135 cm³/mol. The van der Waals surface area contributed by atoms with Crippen LogP contribution in [0.25, 0.3) is 0 Å². The van der Waals surface area contributed by atoms with Gasteiger partial charge in [0.15, 0.2) is 0 Å². The first kappa shape index (κ1) is 24.5. The van der Waals surface area contributed by atoms with Crippen LogP contribution in [0, 0.1) is 19.8 Å². The third-order valence-corrected chi connectivity index (χ3v) is 7.46. The van der Waals surface area contributed by atoms with Crippen molar-refractivity contribution in [2.75, 3.05) is 37.6 Å². The molecule has 2 fully saturated rings. The zero-order valence-electron chi connectivity index (χ0n) is 21.6. The molecule has 9 heteroatoms. The minimum Gasteiger partial charge on any atom is -0.372 e. The number of hydrogen-bond donors (Lipinski definition) is 0. The van der Waals surface area contributed by atoms with Gasteiger partial charge < -0.3 is 14.5 Å². The number of aromatic nitrogens is 2. The van der Waals surface area contributed by atoms with Gasteiger partial charge in [0.1, 0.15) is 0 Å². The van der Waals surface area contributed by atoms with E-state index >= 15 is 0 Å². The second-order valence-corrected chi connectivity index (χ2v) is 10.4. The molecule has 3 aliphatic rings. The Morgan fingerprint density at radius 1 is 1.06 bits per heavy atom. The van der Waals surface area contributed by atoms with Crippen molar-refractivity contribution in [1.82, 2.24) is 19.6 Å². The van der Waals surface area contributed by atoms with Crippen LogP contribution in [-0.2, 0) is 16.1 Å². The van der Waals surface area contributed by atoms with E-state index in [1.54, 1.807) is 6.07 Å². The number of aryl methyl sites for hydroxylation is 2. The lowest BCUT2D eigenvalue weighted by molar-refractivity contribution is -0.147. The lowest BCUT2D eigenvalue weighted by Gasteiger charge is -2.40. The van der Waals surface area contributed by atoms with E-state index in [2.05, 4.69) is 10.00 Å². The average Bonchev–Trinajstić information content (AvgIpc) is 3.30. The average molecular weight is 494 g/mol. The van der Waals surface area contributed by atoms with E-state index in [4.69, 9.17) is 4.74 Å². The number of carbonyl (C=O) groups is 3. The molecule has 0 unspecified atom stereocenters. The number of amides is 3. The highest BCUT2D eigenvalue weighted by atomic mass is 16.5. The summed E-state index contributed by atoms with van der Waals surface area (Å²) in [6.45, 7) is 11.1. The quantitative estimate of drug-likeness (QED) is 0.595. The smallest absolute Gasteiger partial charge is 0.263 e. The van der Waals surface area contributed by atoms with Crippen molar-refractivity contribution in [2.45, 2.75) is 59.3 Å². The van der Waals surface area contributed by atoms with Gasteiger partial charge in [-0.15, -0.1) is 0 Å². The summed E-state index contributed by atoms with van der Waals surface area (Å²) in [7, 11) is 0. The van der Waals surface area contributed by atoms with Crippen LogP contribution >= 0.6 is 0 Å². The molecule has 0 radical (unpaired) electrons. The number of imide groups is 1. The second kappa shape index (κ2) is 9.69. The number of carbonyl (C=O) groups excluding carboxylic acids is 3. The molecule has 0 N–H and O–H groups in total. The number of ether oxygens (including phenoxy) is 1. The minimum atomic E-state index is -0.267. The summed E-state index contributed by atoms with van der Waals surface area (Å²) >= 11 is 0. The van der Waals surface area contributed by atoms with Crippen molar-refractivity contribution in [3.63, 3.8) is 0 Å². The maximum atomic E-state index is 13.5. The van der Waals surface area contributed by atoms with E-state index < -0.39 is 0 Å². The molecule has 0 spiro atoms. The summed E-state index contributed by atoms with van der Waals surface area (Å²) in [6.07, 6.45) is 1.74. The molecule has 36 heavy (non-hydrogen) atoms. The molecule has 9 nitrogen and oxygen atoms in total. The molecule has 2 saturated heterocycles. The fourth-order valence-corrected chi connectivity index (χ4v) is 5.89. The van der Waals surface area contributed by atoms with Crippen LogP contribution in [0.1, 0.15) is 58.8 Å². The van der Waals surface area contributed by atoms with Crippen LogP contribution in [0.3, 0.4) is 0 Å². The maximum absolute atomic E-state index is 13.5. The topological polar surface area (TPSA) is 88.0 Å². The third kappa shape index (κ3) is 4.52. The third-order valence-electron chi connectivity index (χ3n) is 7.46. The van der Waals surface area contributed by atoms with Gasteiger partial charge in [0, 0.05) is 38.4 Å². The fourth-order valence-electron chi connectivity index (χ4n) is 5.89. The molecule has 4 heterocycles. The SMILES string of the molecule is Cc1cc(C)n(CCN2C(=O)c3cccc(N4CCC[C@@H](C(=O)N5C[C@@H](C)O[C@@H](C)C5)C4)c3C2=O)n1. The molecule has 2 aromatic rings. The fraction of sp³-hybridized carbons (Fsp3) is 0.556. The molecule has 1 aromatic heterocycles. The van der Waals surface area contributed by atoms with Gasteiger partial charge in [0.05, 0.1) is 47.2 Å². The number of piperidine rings is 1. The Kier molecular flexibility index (Phi) is 6.59. The minimum absolute atomic E-state index is 0.0267. The largest absolute Gasteiger partial charge is 0.372 e. The summed E-state index contributed by atoms with van der Waals surface area (Å²) in [4.78, 5) is 45.4. The highest BCUT2D eigenvalue weighted by molar-refractivity contribution is 6.23. The number of hydrogen-bond acceptors (Lipinski definition) is 6. The highest BCUT2D eigenvalue weighted by Gasteiger charge is 2.40. The number of benzene rings is 1. The summed E-state index contributed by atoms with van der Waals surface area (Å²) in [5, 5.41) is 4.45. The summed E-state index contributed by atoms with van der Waals surface area (Å²) in [5.74, 6) is -0.514. The summed E-state index contributed by atoms with van der Waals surface area (Å²) < 4.78 is 7.63. The van der Waals surface area contributed by atoms with Crippen molar-refractivity contribution in [2.24, 2.45) is 5.92 Å². The van der Waals surface area contributed by atoms with Crippen LogP contribution in [-0.4, -0.2) is 82.2 Å². The number of anilines is 1. The van der Waals surface area contributed by atoms with Gasteiger partial charge in [0.25, 0.3) is 11.8 Å². The Hall–Kier alpha value is -3.20. The zero-order valence-corrected chi connectivity index (χ0v) is 21.6. The van der Waals surface area contributed by atoms with Crippen molar-refractivity contribution in [3.8, 4) is 0 Å². The van der Waals surface area contributed by atoms with Gasteiger partial charge in [-0.25, -0.2) is 0 Å². The molecule has 3 amide bonds. The summed E-state index contributed by atoms with van der Waals surface area (Å²) in [6, 6.07) is 7.44. The van der Waals surface area contributed by atoms with Gasteiger partial charge in [0.2, 0.25) is 5.91 Å². The van der Waals surface area contributed by atoms with Crippen LogP contribution < -0.4 is 4.90 Å². The second-order valence-electron chi connectivity index (χ2n) is 10.4. The van der Waals surface area contributed by atoms with E-state index in [0.29, 0.717) is 37.3 Å². The molecule has 192 valence electrons. The first-order valence-electron chi connectivity index (χ1n) is 12.9. The van der Waals surface area contributed by atoms with Gasteiger partial charge in [-0.05, 0) is 58.7 Å². The molecule has 0 saturated carbocycles. The Labute approximate surface area is 212 Å². The van der Waals surface area contributed by atoms with Crippen LogP contribution in [0.4, 0.5) is 5.69 Å². The zero-order chi connectivity index (χ0) is 25.6. The van der Waals surface area contributed by atoms with Crippen LogP contribution in [0.15, 0.2) is 24.3 Å². The predicted octanol–water partition coefficient (Wildman–Crippen LogP) is 2.65. The monoisotopic (exact) mass is 493 g/mol. The molecular weight excluding hydrogens is 458 g/mol. The van der Waals surface area contributed by atoms with Crippen molar-refractivity contribution in [1.29, 1.82) is 0 Å². The molecule has 3 atom stereocenters. The number of fused-ring (bicyclic) bond motifs is 1. The van der Waals surface area contributed by atoms with E-state index in [9.17, 15) is 14.4 Å². The van der Waals surface area contributed by atoms with E-state index in [1.807, 2.05) is 55.5 Å². The van der Waals surface area contributed by atoms with Crippen molar-refractivity contribution in [3.05, 3.63) is 46.8 Å². The van der Waals surface area contributed by atoms with Crippen molar-refractivity contribution >= 4 is 23.4 Å². The Balaban J connectivity index is 1.33. The van der Waals surface area contributed by atoms with Gasteiger partial charge in [-0.2, -0.15) is 5.10 Å². The molecule has 3 aliphatic heterocycles. The standard InChI is InChI=1S/C27H35N5O4/c1-17-13-18(2)32(28-17)12-11-31-26(34)22-8-5-9-23(24(22)27(31)35)29-10-6-7-21(16-29)25(33)30-14-19(3)36-20(4)15-30/h5,8-9,13,19-21H,6-7,10-12,14-16H2,1-4H3/t19-,20+,21-/m1/s1. The Morgan fingerprint density at radius 2 is 1.81 bits per heavy atom. The van der Waals surface area contributed by atoms with E-state index in [-0.39, 0.29) is 42.4 Å². The first-order valence-corrected chi connectivity index (χ1v) is 12.9. The number of morpholine rings is 1. The lowest BCUT2D eigenvalue weighted by atomic mass is 9.94. The highest BCUT2D eigenvalue weighted by Crippen LogP contribution is 2.34. The van der Waals surface area contributed by atoms with Crippen molar-refractivity contribution < 1.29 is 19.1 Å². The first-order chi connectivity index (χ1) is 17.2. The van der Waals surface area contributed by atoms with Crippen LogP contribution in [0.2, 0.25) is 0 Å². The molecular formula is C27H35N5O4. The summed E-state index contributed by atoms with van der Waals surface area (Å²) in [5.41, 5.74) is 3.55. The lowest BCUT2D eigenvalue weighted by Crippen LogP contribution is -2.52. The van der Waals surface area contributed by atoms with E-state index in [1.165, 1.54) is 4.90 Å². The molecule has 0 aliphatic carbocycles. The maximum Gasteiger partial charge on any atom is 0.263 e. The Bertz CT molecular complexity index is 1180.